The molecule has 1 heterocycles. The second-order valence-electron chi connectivity index (χ2n) is 5.81. The van der Waals surface area contributed by atoms with Crippen molar-refractivity contribution in [1.82, 2.24) is 10.6 Å². The summed E-state index contributed by atoms with van der Waals surface area (Å²) < 4.78 is 40.3. The van der Waals surface area contributed by atoms with Gasteiger partial charge in [-0.05, 0) is 48.4 Å². The van der Waals surface area contributed by atoms with Crippen molar-refractivity contribution in [2.24, 2.45) is 0 Å². The molecular weight excluding hydrogens is 333 g/mol. The summed E-state index contributed by atoms with van der Waals surface area (Å²) in [6.45, 7) is 1.67. The summed E-state index contributed by atoms with van der Waals surface area (Å²) in [4.78, 5) is 12.2. The fourth-order valence-corrected chi connectivity index (χ4v) is 2.71. The van der Waals surface area contributed by atoms with E-state index in [0.29, 0.717) is 5.56 Å². The van der Waals surface area contributed by atoms with Crippen LogP contribution >= 0.6 is 0 Å². The van der Waals surface area contributed by atoms with Gasteiger partial charge in [0, 0.05) is 18.2 Å². The second-order valence-corrected chi connectivity index (χ2v) is 5.81. The van der Waals surface area contributed by atoms with Crippen LogP contribution in [0.1, 0.15) is 16.8 Å². The Morgan fingerprint density at radius 2 is 1.64 bits per heavy atom. The van der Waals surface area contributed by atoms with Gasteiger partial charge in [-0.25, -0.2) is 0 Å². The van der Waals surface area contributed by atoms with Gasteiger partial charge in [-0.3, -0.25) is 4.79 Å². The number of alkyl halides is 3. The largest absolute Gasteiger partial charge is 0.573 e. The minimum absolute atomic E-state index is 0.130. The molecule has 0 saturated carbocycles. The molecule has 1 fully saturated rings. The smallest absolute Gasteiger partial charge is 0.406 e. The van der Waals surface area contributed by atoms with E-state index in [1.165, 1.54) is 12.1 Å². The molecule has 0 bridgehead atoms. The van der Waals surface area contributed by atoms with E-state index in [1.54, 1.807) is 36.4 Å². The van der Waals surface area contributed by atoms with Gasteiger partial charge >= 0.3 is 6.36 Å². The molecule has 2 N–H and O–H groups in total. The van der Waals surface area contributed by atoms with Crippen molar-refractivity contribution in [3.8, 4) is 16.9 Å². The lowest BCUT2D eigenvalue weighted by molar-refractivity contribution is -0.274. The van der Waals surface area contributed by atoms with Crippen molar-refractivity contribution in [3.63, 3.8) is 0 Å². The topological polar surface area (TPSA) is 50.4 Å². The highest BCUT2D eigenvalue weighted by Crippen LogP contribution is 2.26. The van der Waals surface area contributed by atoms with Crippen LogP contribution in [0.4, 0.5) is 13.2 Å². The van der Waals surface area contributed by atoms with E-state index in [-0.39, 0.29) is 17.7 Å². The average Bonchev–Trinajstić information content (AvgIpc) is 3.07. The number of rotatable bonds is 4. The average molecular weight is 350 g/mol. The maximum atomic E-state index is 12.2. The molecule has 0 aliphatic carbocycles. The van der Waals surface area contributed by atoms with E-state index in [2.05, 4.69) is 15.4 Å². The molecular formula is C18H17F3N2O2. The Kier molecular flexibility index (Phi) is 4.94. The van der Waals surface area contributed by atoms with Crippen molar-refractivity contribution < 1.29 is 22.7 Å². The molecule has 0 spiro atoms. The Hall–Kier alpha value is -2.54. The van der Waals surface area contributed by atoms with Crippen LogP contribution in [0.5, 0.6) is 5.75 Å². The summed E-state index contributed by atoms with van der Waals surface area (Å²) >= 11 is 0. The van der Waals surface area contributed by atoms with Gasteiger partial charge in [-0.2, -0.15) is 0 Å². The molecule has 7 heteroatoms. The van der Waals surface area contributed by atoms with Crippen LogP contribution < -0.4 is 15.4 Å². The molecule has 1 atom stereocenters. The number of benzene rings is 2. The Labute approximate surface area is 143 Å². The molecule has 2 aromatic carbocycles. The minimum Gasteiger partial charge on any atom is -0.406 e. The predicted octanol–water partition coefficient (Wildman–Crippen LogP) is 3.34. The van der Waals surface area contributed by atoms with Gasteiger partial charge in [0.15, 0.2) is 0 Å². The van der Waals surface area contributed by atoms with Gasteiger partial charge < -0.3 is 15.4 Å². The van der Waals surface area contributed by atoms with Crippen molar-refractivity contribution >= 4 is 5.91 Å². The third-order valence-electron chi connectivity index (χ3n) is 3.96. The molecule has 3 rings (SSSR count). The highest BCUT2D eigenvalue weighted by molar-refractivity contribution is 5.94. The number of halogens is 3. The lowest BCUT2D eigenvalue weighted by Crippen LogP contribution is -2.36. The molecule has 1 aliphatic heterocycles. The van der Waals surface area contributed by atoms with E-state index in [0.717, 1.165) is 30.6 Å². The van der Waals surface area contributed by atoms with Gasteiger partial charge in [-0.15, -0.1) is 13.2 Å². The zero-order valence-corrected chi connectivity index (χ0v) is 13.3. The fraction of sp³-hybridized carbons (Fsp3) is 0.278. The van der Waals surface area contributed by atoms with Crippen LogP contribution in [0.2, 0.25) is 0 Å². The molecule has 0 unspecified atom stereocenters. The lowest BCUT2D eigenvalue weighted by atomic mass is 10.0. The van der Waals surface area contributed by atoms with Gasteiger partial charge in [-0.1, -0.05) is 24.3 Å². The normalized spacial score (nSPS) is 17.3. The van der Waals surface area contributed by atoms with E-state index in [1.807, 2.05) is 0 Å². The maximum Gasteiger partial charge on any atom is 0.573 e. The summed E-state index contributed by atoms with van der Waals surface area (Å²) in [5.41, 5.74) is 2.09. The molecule has 0 radical (unpaired) electrons. The van der Waals surface area contributed by atoms with Crippen LogP contribution in [-0.4, -0.2) is 31.4 Å². The van der Waals surface area contributed by atoms with Crippen LogP contribution in [0, 0.1) is 0 Å². The highest BCUT2D eigenvalue weighted by atomic mass is 19.4. The SMILES string of the molecule is O=C(N[C@@H]1CCNC1)c1ccc(-c2ccc(OC(F)(F)F)cc2)cc1. The predicted molar refractivity (Wildman–Crippen MR) is 87.3 cm³/mol. The molecule has 1 aliphatic rings. The number of ether oxygens (including phenoxy) is 1. The first-order valence-electron chi connectivity index (χ1n) is 7.88. The monoisotopic (exact) mass is 350 g/mol. The van der Waals surface area contributed by atoms with Crippen LogP contribution in [0.3, 0.4) is 0 Å². The zero-order chi connectivity index (χ0) is 17.9. The third-order valence-corrected chi connectivity index (χ3v) is 3.96. The van der Waals surface area contributed by atoms with Crippen LogP contribution in [0.15, 0.2) is 48.5 Å². The van der Waals surface area contributed by atoms with E-state index in [9.17, 15) is 18.0 Å². The number of hydrogen-bond acceptors (Lipinski definition) is 3. The zero-order valence-electron chi connectivity index (χ0n) is 13.3. The van der Waals surface area contributed by atoms with Crippen LogP contribution in [-0.2, 0) is 0 Å². The van der Waals surface area contributed by atoms with Gasteiger partial charge in [0.05, 0.1) is 0 Å². The number of carbonyl (C=O) groups excluding carboxylic acids is 1. The summed E-state index contributed by atoms with van der Waals surface area (Å²) in [5.74, 6) is -0.397. The molecule has 2 aromatic rings. The Morgan fingerprint density at radius 1 is 1.04 bits per heavy atom. The quantitative estimate of drug-likeness (QED) is 0.889. The van der Waals surface area contributed by atoms with Crippen molar-refractivity contribution in [2.75, 3.05) is 13.1 Å². The highest BCUT2D eigenvalue weighted by Gasteiger charge is 2.30. The summed E-state index contributed by atoms with van der Waals surface area (Å²) in [6.07, 6.45) is -3.79. The first kappa shape index (κ1) is 17.3. The summed E-state index contributed by atoms with van der Waals surface area (Å²) in [5, 5.41) is 6.14. The fourth-order valence-electron chi connectivity index (χ4n) is 2.71. The van der Waals surface area contributed by atoms with Crippen molar-refractivity contribution in [3.05, 3.63) is 54.1 Å². The summed E-state index contributed by atoms with van der Waals surface area (Å²) in [6, 6.07) is 12.7. The van der Waals surface area contributed by atoms with Crippen molar-refractivity contribution in [2.45, 2.75) is 18.8 Å². The van der Waals surface area contributed by atoms with Crippen LogP contribution in [0.25, 0.3) is 11.1 Å². The molecule has 0 aromatic heterocycles. The molecule has 1 saturated heterocycles. The van der Waals surface area contributed by atoms with E-state index < -0.39 is 6.36 Å². The van der Waals surface area contributed by atoms with Gasteiger partial charge in [0.25, 0.3) is 5.91 Å². The minimum atomic E-state index is -4.70. The van der Waals surface area contributed by atoms with Gasteiger partial charge in [0.1, 0.15) is 5.75 Å². The first-order valence-corrected chi connectivity index (χ1v) is 7.88. The Balaban J connectivity index is 1.66. The van der Waals surface area contributed by atoms with E-state index in [4.69, 9.17) is 0 Å². The summed E-state index contributed by atoms with van der Waals surface area (Å²) in [7, 11) is 0. The number of carbonyl (C=O) groups is 1. The number of amides is 1. The second kappa shape index (κ2) is 7.14. The maximum absolute atomic E-state index is 12.2. The molecule has 132 valence electrons. The Morgan fingerprint density at radius 3 is 2.16 bits per heavy atom. The van der Waals surface area contributed by atoms with Crippen molar-refractivity contribution in [1.29, 1.82) is 0 Å². The molecule has 1 amide bonds. The first-order chi connectivity index (χ1) is 11.9. The van der Waals surface area contributed by atoms with Gasteiger partial charge in [0.2, 0.25) is 0 Å². The number of nitrogens with one attached hydrogen (secondary N) is 2. The molecule has 25 heavy (non-hydrogen) atoms. The Bertz CT molecular complexity index is 721. The van der Waals surface area contributed by atoms with E-state index >= 15 is 0 Å². The lowest BCUT2D eigenvalue weighted by Gasteiger charge is -2.12. The standard InChI is InChI=1S/C18H17F3N2O2/c19-18(20,21)25-16-7-5-13(6-8-16)12-1-3-14(4-2-12)17(24)23-15-9-10-22-11-15/h1-8,15,22H,9-11H2,(H,23,24)/t15-/m1/s1. The third kappa shape index (κ3) is 4.73. The molecule has 4 nitrogen and oxygen atoms in total. The number of hydrogen-bond donors (Lipinski definition) is 2.